The fourth-order valence-corrected chi connectivity index (χ4v) is 3.74. The number of hydrazone groups is 1. The summed E-state index contributed by atoms with van der Waals surface area (Å²) in [5.74, 6) is 0.0749. The fourth-order valence-electron chi connectivity index (χ4n) is 3.74. The smallest absolute Gasteiger partial charge is 0.281 e. The van der Waals surface area contributed by atoms with E-state index in [1.165, 1.54) is 11.1 Å². The Bertz CT molecular complexity index is 1380. The van der Waals surface area contributed by atoms with Crippen LogP contribution in [-0.4, -0.2) is 11.6 Å². The Morgan fingerprint density at radius 1 is 0.824 bits per heavy atom. The van der Waals surface area contributed by atoms with E-state index in [-0.39, 0.29) is 18.3 Å². The quantitative estimate of drug-likeness (QED) is 0.328. The molecule has 0 bridgehead atoms. The molecule has 1 amide bonds. The Kier molecular flexibility index (Phi) is 5.99. The van der Waals surface area contributed by atoms with Crippen molar-refractivity contribution >= 4 is 23.4 Å². The molecule has 0 spiro atoms. The molecule has 34 heavy (non-hydrogen) atoms. The van der Waals surface area contributed by atoms with E-state index in [0.29, 0.717) is 28.3 Å². The third kappa shape index (κ3) is 4.50. The van der Waals surface area contributed by atoms with Gasteiger partial charge in [0, 0.05) is 11.1 Å². The van der Waals surface area contributed by atoms with Gasteiger partial charge < -0.3 is 4.74 Å². The van der Waals surface area contributed by atoms with Gasteiger partial charge in [0.2, 0.25) is 0 Å². The second-order valence-electron chi connectivity index (χ2n) is 7.78. The van der Waals surface area contributed by atoms with Crippen LogP contribution >= 0.6 is 0 Å². The first-order chi connectivity index (χ1) is 16.7. The monoisotopic (exact) mass is 448 g/mol. The number of nitrogens with zero attached hydrogens (tertiary/aromatic N) is 2. The van der Waals surface area contributed by atoms with E-state index in [1.807, 2.05) is 91.0 Å². The molecule has 0 aromatic heterocycles. The predicted octanol–water partition coefficient (Wildman–Crippen LogP) is 6.24. The van der Waals surface area contributed by atoms with Gasteiger partial charge in [-0.3, -0.25) is 4.79 Å². The van der Waals surface area contributed by atoms with Gasteiger partial charge >= 0.3 is 0 Å². The van der Waals surface area contributed by atoms with Crippen LogP contribution in [0.3, 0.4) is 0 Å². The fraction of sp³-hybridized carbons (Fsp3) is 0.0345. The molecule has 1 aliphatic heterocycles. The van der Waals surface area contributed by atoms with Crippen molar-refractivity contribution < 1.29 is 13.9 Å². The summed E-state index contributed by atoms with van der Waals surface area (Å²) in [6.45, 7) is 0.115. The largest absolute Gasteiger partial charge is 0.489 e. The average Bonchev–Trinajstić information content (AvgIpc) is 3.21. The zero-order valence-electron chi connectivity index (χ0n) is 18.3. The van der Waals surface area contributed by atoms with Gasteiger partial charge in [-0.05, 0) is 42.0 Å². The number of carbonyl (C=O) groups excluding carboxylic acids is 1. The molecule has 0 saturated carbocycles. The van der Waals surface area contributed by atoms with Crippen molar-refractivity contribution in [3.63, 3.8) is 0 Å². The summed E-state index contributed by atoms with van der Waals surface area (Å²) in [6.07, 6.45) is 1.81. The van der Waals surface area contributed by atoms with E-state index in [2.05, 4.69) is 5.10 Å². The van der Waals surface area contributed by atoms with E-state index < -0.39 is 0 Å². The van der Waals surface area contributed by atoms with Crippen molar-refractivity contribution in [3.8, 4) is 5.75 Å². The highest BCUT2D eigenvalue weighted by Gasteiger charge is 2.31. The van der Waals surface area contributed by atoms with Crippen LogP contribution in [0.15, 0.2) is 120 Å². The van der Waals surface area contributed by atoms with Gasteiger partial charge in [-0.15, -0.1) is 0 Å². The molecule has 0 fully saturated rings. The maximum absolute atomic E-state index is 13.9. The first kappa shape index (κ1) is 21.3. The van der Waals surface area contributed by atoms with E-state index in [4.69, 9.17) is 4.74 Å². The summed E-state index contributed by atoms with van der Waals surface area (Å²) in [5, 5.41) is 6.08. The maximum Gasteiger partial charge on any atom is 0.281 e. The Morgan fingerprint density at radius 2 is 1.53 bits per heavy atom. The topological polar surface area (TPSA) is 41.9 Å². The number of amides is 1. The summed E-state index contributed by atoms with van der Waals surface area (Å²) < 4.78 is 19.7. The van der Waals surface area contributed by atoms with Gasteiger partial charge in [0.1, 0.15) is 23.9 Å². The maximum atomic E-state index is 13.9. The molecule has 4 aromatic carbocycles. The second-order valence-corrected chi connectivity index (χ2v) is 7.78. The number of benzene rings is 4. The molecule has 1 heterocycles. The van der Waals surface area contributed by atoms with Gasteiger partial charge in [-0.2, -0.15) is 10.1 Å². The Hall–Kier alpha value is -4.51. The van der Waals surface area contributed by atoms with Gasteiger partial charge in [-0.25, -0.2) is 4.39 Å². The minimum absolute atomic E-state index is 0.115. The lowest BCUT2D eigenvalue weighted by molar-refractivity contribution is -0.114. The van der Waals surface area contributed by atoms with Crippen molar-refractivity contribution in [2.45, 2.75) is 6.61 Å². The van der Waals surface area contributed by atoms with Crippen molar-refractivity contribution in [2.75, 3.05) is 5.01 Å². The normalized spacial score (nSPS) is 14.4. The molecular weight excluding hydrogens is 427 g/mol. The SMILES string of the molecule is O=C1/C(=C/c2cccc(OCc3ccccc3F)c2)C(c2ccccc2)=NN1c1ccccc1. The number of hydrogen-bond donors (Lipinski definition) is 0. The van der Waals surface area contributed by atoms with Crippen LogP contribution in [0.1, 0.15) is 16.7 Å². The zero-order valence-corrected chi connectivity index (χ0v) is 18.3. The lowest BCUT2D eigenvalue weighted by atomic mass is 10.00. The average molecular weight is 448 g/mol. The molecule has 5 rings (SSSR count). The van der Waals surface area contributed by atoms with Crippen LogP contribution < -0.4 is 9.75 Å². The third-order valence-electron chi connectivity index (χ3n) is 5.45. The molecular formula is C29H21FN2O2. The molecule has 0 atom stereocenters. The first-order valence-corrected chi connectivity index (χ1v) is 10.9. The third-order valence-corrected chi connectivity index (χ3v) is 5.45. The number of ether oxygens (including phenoxy) is 1. The Balaban J connectivity index is 1.46. The van der Waals surface area contributed by atoms with Crippen molar-refractivity contribution in [1.82, 2.24) is 0 Å². The van der Waals surface area contributed by atoms with Crippen LogP contribution in [-0.2, 0) is 11.4 Å². The van der Waals surface area contributed by atoms with Gasteiger partial charge in [-0.1, -0.05) is 78.9 Å². The highest BCUT2D eigenvalue weighted by molar-refractivity contribution is 6.37. The van der Waals surface area contributed by atoms with Crippen molar-refractivity contribution in [1.29, 1.82) is 0 Å². The lowest BCUT2D eigenvalue weighted by Gasteiger charge is -2.11. The summed E-state index contributed by atoms with van der Waals surface area (Å²) in [5.41, 5.74) is 3.91. The van der Waals surface area contributed by atoms with Gasteiger partial charge in [0.25, 0.3) is 5.91 Å². The molecule has 0 N–H and O–H groups in total. The summed E-state index contributed by atoms with van der Waals surface area (Å²) in [7, 11) is 0. The van der Waals surface area contributed by atoms with Crippen LogP contribution in [0.2, 0.25) is 0 Å². The molecule has 1 aliphatic rings. The van der Waals surface area contributed by atoms with Crippen molar-refractivity contribution in [3.05, 3.63) is 137 Å². The Morgan fingerprint density at radius 3 is 2.29 bits per heavy atom. The van der Waals surface area contributed by atoms with E-state index >= 15 is 0 Å². The van der Waals surface area contributed by atoms with E-state index in [0.717, 1.165) is 11.1 Å². The predicted molar refractivity (Wildman–Crippen MR) is 132 cm³/mol. The molecule has 0 aliphatic carbocycles. The number of carbonyl (C=O) groups is 1. The molecule has 0 saturated heterocycles. The zero-order chi connectivity index (χ0) is 23.3. The van der Waals surface area contributed by atoms with Gasteiger partial charge in [0.05, 0.1) is 11.3 Å². The van der Waals surface area contributed by atoms with Crippen molar-refractivity contribution in [2.24, 2.45) is 5.10 Å². The molecule has 0 radical (unpaired) electrons. The number of hydrogen-bond acceptors (Lipinski definition) is 3. The summed E-state index contributed by atoms with van der Waals surface area (Å²) in [4.78, 5) is 13.4. The first-order valence-electron chi connectivity index (χ1n) is 10.9. The highest BCUT2D eigenvalue weighted by atomic mass is 19.1. The Labute approximate surface area is 197 Å². The lowest BCUT2D eigenvalue weighted by Crippen LogP contribution is -2.21. The summed E-state index contributed by atoms with van der Waals surface area (Å²) >= 11 is 0. The van der Waals surface area contributed by atoms with Crippen LogP contribution in [0, 0.1) is 5.82 Å². The second kappa shape index (κ2) is 9.55. The van der Waals surface area contributed by atoms with E-state index in [9.17, 15) is 9.18 Å². The number of halogens is 1. The highest BCUT2D eigenvalue weighted by Crippen LogP contribution is 2.28. The molecule has 0 unspecified atom stereocenters. The standard InChI is InChI=1S/C29H21FN2O2/c30-27-17-8-7-13-23(27)20-34-25-16-9-10-21(18-25)19-26-28(22-11-3-1-4-12-22)31-32(29(26)33)24-14-5-2-6-15-24/h1-19H,20H2/b26-19+. The minimum atomic E-state index is -0.304. The van der Waals surface area contributed by atoms with Crippen LogP contribution in [0.4, 0.5) is 10.1 Å². The van der Waals surface area contributed by atoms with Gasteiger partial charge in [0.15, 0.2) is 0 Å². The van der Waals surface area contributed by atoms with Crippen LogP contribution in [0.5, 0.6) is 5.75 Å². The summed E-state index contributed by atoms with van der Waals surface area (Å²) in [6, 6.07) is 32.9. The van der Waals surface area contributed by atoms with Crippen LogP contribution in [0.25, 0.3) is 6.08 Å². The molecule has 4 nitrogen and oxygen atoms in total. The number of para-hydroxylation sites is 1. The van der Waals surface area contributed by atoms with E-state index in [1.54, 1.807) is 18.2 Å². The molecule has 166 valence electrons. The number of rotatable bonds is 6. The molecule has 5 heteroatoms. The number of anilines is 1. The molecule has 4 aromatic rings. The minimum Gasteiger partial charge on any atom is -0.489 e.